The highest BCUT2D eigenvalue weighted by Crippen LogP contribution is 2.21. The van der Waals surface area contributed by atoms with Crippen molar-refractivity contribution in [3.05, 3.63) is 41.2 Å². The van der Waals surface area contributed by atoms with Gasteiger partial charge in [0, 0.05) is 0 Å². The molecule has 3 heteroatoms. The highest BCUT2D eigenvalue weighted by atomic mass is 32.1. The first-order valence-corrected chi connectivity index (χ1v) is 5.38. The van der Waals surface area contributed by atoms with E-state index >= 15 is 0 Å². The average molecular weight is 218 g/mol. The van der Waals surface area contributed by atoms with Crippen LogP contribution in [-0.4, -0.2) is 9.55 Å². The molecule has 1 N–H and O–H groups in total. The first-order valence-electron chi connectivity index (χ1n) is 4.97. The predicted octanol–water partition coefficient (Wildman–Crippen LogP) is 3.75. The molecule has 78 valence electrons. The van der Waals surface area contributed by atoms with Crippen LogP contribution in [-0.2, 0) is 0 Å². The molecule has 0 amide bonds. The largest absolute Gasteiger partial charge is 0.330 e. The second-order valence-corrected chi connectivity index (χ2v) is 4.13. The average Bonchev–Trinajstić information content (AvgIpc) is 2.55. The Balaban J connectivity index is 2.85. The lowest BCUT2D eigenvalue weighted by atomic mass is 10.2. The van der Waals surface area contributed by atoms with E-state index in [1.807, 2.05) is 12.1 Å². The number of hydrogen-bond acceptors (Lipinski definition) is 1. The Morgan fingerprint density at radius 1 is 1.53 bits per heavy atom. The third kappa shape index (κ3) is 1.53. The molecule has 0 saturated heterocycles. The molecule has 0 saturated carbocycles. The van der Waals surface area contributed by atoms with E-state index in [1.54, 1.807) is 0 Å². The summed E-state index contributed by atoms with van der Waals surface area (Å²) in [4.78, 5) is 3.24. The van der Waals surface area contributed by atoms with Gasteiger partial charge in [-0.3, -0.25) is 0 Å². The number of aromatic amines is 1. The molecule has 1 aromatic carbocycles. The van der Waals surface area contributed by atoms with Crippen LogP contribution in [0, 0.1) is 11.7 Å². The van der Waals surface area contributed by atoms with E-state index in [9.17, 15) is 0 Å². The normalized spacial score (nSPS) is 12.9. The lowest BCUT2D eigenvalue weighted by Gasteiger charge is -2.09. The Labute approximate surface area is 94.2 Å². The molecule has 2 rings (SSSR count). The summed E-state index contributed by atoms with van der Waals surface area (Å²) in [5.74, 6) is 0. The fraction of sp³-hybridized carbons (Fsp3) is 0.250. The van der Waals surface area contributed by atoms with E-state index < -0.39 is 0 Å². The Kier molecular flexibility index (Phi) is 2.49. The molecular formula is C12H14N2S. The Morgan fingerprint density at radius 3 is 2.93 bits per heavy atom. The smallest absolute Gasteiger partial charge is 0.178 e. The van der Waals surface area contributed by atoms with Gasteiger partial charge in [-0.2, -0.15) is 0 Å². The van der Waals surface area contributed by atoms with Crippen LogP contribution in [0.1, 0.15) is 18.5 Å². The molecule has 0 fully saturated rings. The van der Waals surface area contributed by atoms with Gasteiger partial charge >= 0.3 is 0 Å². The van der Waals surface area contributed by atoms with Gasteiger partial charge in [-0.1, -0.05) is 18.2 Å². The zero-order valence-corrected chi connectivity index (χ0v) is 9.77. The molecule has 0 radical (unpaired) electrons. The number of aromatic nitrogens is 2. The first kappa shape index (κ1) is 10.2. The number of H-pyrrole nitrogens is 1. The van der Waals surface area contributed by atoms with Crippen molar-refractivity contribution in [2.75, 3.05) is 0 Å². The van der Waals surface area contributed by atoms with Crippen LogP contribution < -0.4 is 0 Å². The summed E-state index contributed by atoms with van der Waals surface area (Å²) in [6.07, 6.45) is 1.89. The van der Waals surface area contributed by atoms with Gasteiger partial charge in [-0.05, 0) is 37.7 Å². The number of nitrogens with one attached hydrogen (secondary N) is 1. The maximum atomic E-state index is 5.31. The lowest BCUT2D eigenvalue weighted by molar-refractivity contribution is 0.673. The van der Waals surface area contributed by atoms with Crippen molar-refractivity contribution >= 4 is 23.3 Å². The highest BCUT2D eigenvalue weighted by molar-refractivity contribution is 7.71. The highest BCUT2D eigenvalue weighted by Gasteiger charge is 2.08. The number of imidazole rings is 1. The van der Waals surface area contributed by atoms with Gasteiger partial charge in [-0.15, -0.1) is 6.58 Å². The number of para-hydroxylation sites is 1. The van der Waals surface area contributed by atoms with Gasteiger partial charge in [0.2, 0.25) is 0 Å². The van der Waals surface area contributed by atoms with Crippen molar-refractivity contribution in [2.45, 2.75) is 19.9 Å². The molecule has 1 atom stereocenters. The van der Waals surface area contributed by atoms with Crippen molar-refractivity contribution in [1.29, 1.82) is 0 Å². The molecule has 1 aromatic heterocycles. The summed E-state index contributed by atoms with van der Waals surface area (Å²) >= 11 is 5.31. The summed E-state index contributed by atoms with van der Waals surface area (Å²) < 4.78 is 2.84. The quantitative estimate of drug-likeness (QED) is 0.601. The molecular weight excluding hydrogens is 204 g/mol. The summed E-state index contributed by atoms with van der Waals surface area (Å²) in [5, 5.41) is 0. The van der Waals surface area contributed by atoms with E-state index in [1.165, 1.54) is 5.56 Å². The predicted molar refractivity (Wildman–Crippen MR) is 66.8 cm³/mol. The second kappa shape index (κ2) is 3.66. The monoisotopic (exact) mass is 218 g/mol. The van der Waals surface area contributed by atoms with Crippen molar-refractivity contribution < 1.29 is 0 Å². The minimum absolute atomic E-state index is 0.216. The molecule has 0 spiro atoms. The van der Waals surface area contributed by atoms with Gasteiger partial charge in [0.25, 0.3) is 0 Å². The van der Waals surface area contributed by atoms with Crippen molar-refractivity contribution in [3.63, 3.8) is 0 Å². The second-order valence-electron chi connectivity index (χ2n) is 3.75. The fourth-order valence-corrected chi connectivity index (χ4v) is 2.17. The third-order valence-electron chi connectivity index (χ3n) is 2.71. The van der Waals surface area contributed by atoms with Crippen LogP contribution in [0.25, 0.3) is 11.0 Å². The number of rotatable bonds is 2. The first-order chi connectivity index (χ1) is 7.15. The fourth-order valence-electron chi connectivity index (χ4n) is 1.80. The molecule has 0 bridgehead atoms. The van der Waals surface area contributed by atoms with Crippen molar-refractivity contribution in [2.24, 2.45) is 0 Å². The molecule has 1 unspecified atom stereocenters. The van der Waals surface area contributed by atoms with Crippen LogP contribution in [0.15, 0.2) is 30.9 Å². The van der Waals surface area contributed by atoms with Gasteiger partial charge in [0.05, 0.1) is 17.1 Å². The van der Waals surface area contributed by atoms with Gasteiger partial charge in [0.15, 0.2) is 4.77 Å². The van der Waals surface area contributed by atoms with Gasteiger partial charge < -0.3 is 9.55 Å². The van der Waals surface area contributed by atoms with Crippen LogP contribution in [0.2, 0.25) is 0 Å². The number of nitrogens with zero attached hydrogens (tertiary/aromatic N) is 1. The Morgan fingerprint density at radius 2 is 2.27 bits per heavy atom. The maximum Gasteiger partial charge on any atom is 0.178 e. The van der Waals surface area contributed by atoms with Gasteiger partial charge in [-0.25, -0.2) is 0 Å². The number of hydrogen-bond donors (Lipinski definition) is 1. The zero-order valence-electron chi connectivity index (χ0n) is 8.95. The molecule has 1 heterocycles. The summed E-state index contributed by atoms with van der Waals surface area (Å²) in [6.45, 7) is 7.97. The van der Waals surface area contributed by atoms with E-state index in [-0.39, 0.29) is 6.04 Å². The molecule has 2 aromatic rings. The van der Waals surface area contributed by atoms with E-state index in [4.69, 9.17) is 12.2 Å². The number of aryl methyl sites for hydroxylation is 1. The van der Waals surface area contributed by atoms with E-state index in [0.29, 0.717) is 0 Å². The number of fused-ring (bicyclic) bond motifs is 1. The number of allylic oxidation sites excluding steroid dienone is 1. The van der Waals surface area contributed by atoms with Crippen LogP contribution in [0.5, 0.6) is 0 Å². The number of benzene rings is 1. The molecule has 0 aliphatic heterocycles. The Bertz CT molecular complexity index is 562. The minimum atomic E-state index is 0.216. The van der Waals surface area contributed by atoms with Crippen LogP contribution >= 0.6 is 12.2 Å². The van der Waals surface area contributed by atoms with E-state index in [2.05, 4.69) is 42.1 Å². The standard InChI is InChI=1S/C12H14N2S/c1-4-9(3)14-10-7-5-6-8(2)11(10)13-12(14)15/h4-7,9H,1H2,2-3H3,(H,13,15). The zero-order chi connectivity index (χ0) is 11.0. The minimum Gasteiger partial charge on any atom is -0.330 e. The lowest BCUT2D eigenvalue weighted by Crippen LogP contribution is -2.01. The van der Waals surface area contributed by atoms with Crippen LogP contribution in [0.3, 0.4) is 0 Å². The summed E-state index contributed by atoms with van der Waals surface area (Å²) in [5.41, 5.74) is 3.48. The van der Waals surface area contributed by atoms with Crippen molar-refractivity contribution in [1.82, 2.24) is 9.55 Å². The molecule has 0 aliphatic rings. The van der Waals surface area contributed by atoms with Crippen molar-refractivity contribution in [3.8, 4) is 0 Å². The summed E-state index contributed by atoms with van der Waals surface area (Å²) in [7, 11) is 0. The molecule has 15 heavy (non-hydrogen) atoms. The Hall–Kier alpha value is -1.35. The maximum absolute atomic E-state index is 5.31. The molecule has 2 nitrogen and oxygen atoms in total. The third-order valence-corrected chi connectivity index (χ3v) is 3.01. The van der Waals surface area contributed by atoms with Gasteiger partial charge in [0.1, 0.15) is 0 Å². The topological polar surface area (TPSA) is 20.7 Å². The summed E-state index contributed by atoms with van der Waals surface area (Å²) in [6, 6.07) is 6.42. The van der Waals surface area contributed by atoms with E-state index in [0.717, 1.165) is 15.8 Å². The molecule has 0 aliphatic carbocycles. The van der Waals surface area contributed by atoms with Crippen LogP contribution in [0.4, 0.5) is 0 Å². The SMILES string of the molecule is C=CC(C)n1c(=S)[nH]c2c(C)cccc21.